The Morgan fingerprint density at radius 2 is 1.78 bits per heavy atom. The number of amides is 2. The molecule has 2 amide bonds. The van der Waals surface area contributed by atoms with Gasteiger partial charge in [-0.1, -0.05) is 5.21 Å². The number of aromatic nitrogens is 4. The number of nitrogens with one attached hydrogen (secondary N) is 2. The lowest BCUT2D eigenvalue weighted by Crippen LogP contribution is -2.49. The number of halogens is 6. The van der Waals surface area contributed by atoms with E-state index < -0.39 is 53.1 Å². The number of alkyl halides is 6. The molecule has 2 N–H and O–H groups in total. The number of nitrogens with zero attached hydrogens (tertiary/aromatic N) is 4. The Morgan fingerprint density at radius 1 is 1.11 bits per heavy atom. The van der Waals surface area contributed by atoms with Crippen molar-refractivity contribution in [3.63, 3.8) is 0 Å². The normalized spacial score (nSPS) is 16.4. The molecular formula is C20H16F6N6O3S. The molecular weight excluding hydrogens is 518 g/mol. The summed E-state index contributed by atoms with van der Waals surface area (Å²) in [5, 5.41) is 14.1. The zero-order valence-corrected chi connectivity index (χ0v) is 18.7. The third kappa shape index (κ3) is 6.37. The fraction of sp³-hybridized carbons (Fsp3) is 0.350. The van der Waals surface area contributed by atoms with Gasteiger partial charge in [-0.3, -0.25) is 9.59 Å². The van der Waals surface area contributed by atoms with Gasteiger partial charge < -0.3 is 15.4 Å². The van der Waals surface area contributed by atoms with Crippen molar-refractivity contribution in [3.8, 4) is 5.69 Å². The maximum absolute atomic E-state index is 13.1. The number of thiazole rings is 1. The lowest BCUT2D eigenvalue weighted by atomic mass is 10.1. The number of carbonyl (C=O) groups excluding carboxylic acids is 2. The molecule has 16 heteroatoms. The van der Waals surface area contributed by atoms with Crippen LogP contribution in [0.15, 0.2) is 35.3 Å². The van der Waals surface area contributed by atoms with E-state index in [-0.39, 0.29) is 31.3 Å². The van der Waals surface area contributed by atoms with E-state index in [1.54, 1.807) is 10.9 Å². The second kappa shape index (κ2) is 9.85. The highest BCUT2D eigenvalue weighted by Crippen LogP contribution is 2.37. The predicted octanol–water partition coefficient (Wildman–Crippen LogP) is 2.50. The van der Waals surface area contributed by atoms with Crippen LogP contribution in [-0.2, 0) is 39.6 Å². The van der Waals surface area contributed by atoms with E-state index in [0.717, 1.165) is 10.9 Å². The van der Waals surface area contributed by atoms with E-state index in [0.29, 0.717) is 17.8 Å². The summed E-state index contributed by atoms with van der Waals surface area (Å²) in [6, 6.07) is 0.0131. The standard InChI is InChI=1S/C20H16F6N6O3S/c21-19(22,23)10-1-11(20(24,25)26)3-14(2-10)32-6-13(30-31-32)5-27-17(33)15(4-12-8-36-9-28-12)29-18(34)16-7-35-16/h1-3,6,8-9,15-16H,4-5,7H2,(H,27,33)(H,29,34)/t15-,16-/m0/s1. The van der Waals surface area contributed by atoms with Crippen LogP contribution in [0.1, 0.15) is 22.5 Å². The summed E-state index contributed by atoms with van der Waals surface area (Å²) < 4.78 is 84.4. The first-order valence-corrected chi connectivity index (χ1v) is 11.1. The van der Waals surface area contributed by atoms with Crippen molar-refractivity contribution < 1.29 is 40.7 Å². The molecule has 0 spiro atoms. The number of benzene rings is 1. The minimum absolute atomic E-state index is 0.00497. The van der Waals surface area contributed by atoms with Crippen molar-refractivity contribution in [2.45, 2.75) is 37.5 Å². The highest BCUT2D eigenvalue weighted by Gasteiger charge is 2.37. The summed E-state index contributed by atoms with van der Waals surface area (Å²) in [6.45, 7) is -0.0150. The number of ether oxygens (including phenoxy) is 1. The molecule has 1 aromatic carbocycles. The summed E-state index contributed by atoms with van der Waals surface area (Å²) in [6.07, 6.45) is -9.50. The van der Waals surface area contributed by atoms with Crippen LogP contribution in [0.2, 0.25) is 0 Å². The third-order valence-corrected chi connectivity index (χ3v) is 5.61. The lowest BCUT2D eigenvalue weighted by Gasteiger charge is -2.16. The maximum Gasteiger partial charge on any atom is 0.416 e. The van der Waals surface area contributed by atoms with Crippen molar-refractivity contribution in [1.29, 1.82) is 0 Å². The first kappa shape index (κ1) is 25.6. The molecule has 192 valence electrons. The zero-order valence-electron chi connectivity index (χ0n) is 17.9. The molecule has 2 aromatic heterocycles. The Balaban J connectivity index is 1.47. The fourth-order valence-corrected chi connectivity index (χ4v) is 3.67. The minimum atomic E-state index is -5.02. The van der Waals surface area contributed by atoms with E-state index >= 15 is 0 Å². The van der Waals surface area contributed by atoms with Gasteiger partial charge in [0.2, 0.25) is 5.91 Å². The van der Waals surface area contributed by atoms with Crippen LogP contribution in [0.5, 0.6) is 0 Å². The molecule has 0 aliphatic carbocycles. The zero-order chi connectivity index (χ0) is 26.1. The van der Waals surface area contributed by atoms with E-state index in [4.69, 9.17) is 4.74 Å². The van der Waals surface area contributed by atoms with Crippen LogP contribution in [0, 0.1) is 0 Å². The van der Waals surface area contributed by atoms with Crippen LogP contribution in [0.4, 0.5) is 26.3 Å². The largest absolute Gasteiger partial charge is 0.416 e. The van der Waals surface area contributed by atoms with Gasteiger partial charge in [0.1, 0.15) is 11.7 Å². The molecule has 0 bridgehead atoms. The number of rotatable bonds is 8. The van der Waals surface area contributed by atoms with E-state index in [1.165, 1.54) is 11.3 Å². The average molecular weight is 534 g/mol. The monoisotopic (exact) mass is 534 g/mol. The summed E-state index contributed by atoms with van der Waals surface area (Å²) in [7, 11) is 0. The Labute approximate surface area is 202 Å². The Bertz CT molecular complexity index is 1210. The molecule has 0 unspecified atom stereocenters. The molecule has 0 radical (unpaired) electrons. The Hall–Kier alpha value is -3.53. The summed E-state index contributed by atoms with van der Waals surface area (Å²) in [5.41, 5.74) is -1.34. The quantitative estimate of drug-likeness (QED) is 0.339. The van der Waals surface area contributed by atoms with Gasteiger partial charge in [-0.15, -0.1) is 16.4 Å². The molecule has 3 heterocycles. The van der Waals surface area contributed by atoms with Gasteiger partial charge in [0.15, 0.2) is 6.10 Å². The van der Waals surface area contributed by atoms with Crippen molar-refractivity contribution in [3.05, 3.63) is 57.8 Å². The average Bonchev–Trinajstić information content (AvgIpc) is 3.33. The van der Waals surface area contributed by atoms with Crippen molar-refractivity contribution in [2.75, 3.05) is 6.61 Å². The molecule has 0 saturated carbocycles. The molecule has 1 aliphatic heterocycles. The molecule has 9 nitrogen and oxygen atoms in total. The van der Waals surface area contributed by atoms with Crippen LogP contribution in [-0.4, -0.2) is 50.5 Å². The third-order valence-electron chi connectivity index (χ3n) is 4.98. The number of hydrogen-bond acceptors (Lipinski definition) is 7. The summed E-state index contributed by atoms with van der Waals surface area (Å²) >= 11 is 1.30. The first-order valence-electron chi connectivity index (χ1n) is 10.2. The van der Waals surface area contributed by atoms with Gasteiger partial charge in [0, 0.05) is 11.8 Å². The highest BCUT2D eigenvalue weighted by molar-refractivity contribution is 7.07. The first-order chi connectivity index (χ1) is 16.9. The second-order valence-corrected chi connectivity index (χ2v) is 8.42. The van der Waals surface area contributed by atoms with Crippen LogP contribution in [0.25, 0.3) is 5.69 Å². The topological polar surface area (TPSA) is 114 Å². The van der Waals surface area contributed by atoms with Gasteiger partial charge in [-0.25, -0.2) is 9.67 Å². The van der Waals surface area contributed by atoms with Crippen LogP contribution in [0.3, 0.4) is 0 Å². The molecule has 1 fully saturated rings. The van der Waals surface area contributed by atoms with E-state index in [1.807, 2.05) is 0 Å². The van der Waals surface area contributed by atoms with Gasteiger partial charge in [-0.2, -0.15) is 26.3 Å². The van der Waals surface area contributed by atoms with Crippen LogP contribution < -0.4 is 10.6 Å². The Kier molecular flexibility index (Phi) is 6.99. The number of carbonyl (C=O) groups is 2. The van der Waals surface area contributed by atoms with E-state index in [2.05, 4.69) is 25.9 Å². The number of epoxide rings is 1. The fourth-order valence-electron chi connectivity index (χ4n) is 3.10. The number of hydrogen-bond donors (Lipinski definition) is 2. The van der Waals surface area contributed by atoms with Crippen molar-refractivity contribution in [2.24, 2.45) is 0 Å². The Morgan fingerprint density at radius 3 is 2.33 bits per heavy atom. The lowest BCUT2D eigenvalue weighted by molar-refractivity contribution is -0.143. The van der Waals surface area contributed by atoms with Gasteiger partial charge in [-0.05, 0) is 18.2 Å². The molecule has 2 atom stereocenters. The molecule has 1 aliphatic rings. The molecule has 4 rings (SSSR count). The van der Waals surface area contributed by atoms with Gasteiger partial charge in [0.25, 0.3) is 5.91 Å². The second-order valence-electron chi connectivity index (χ2n) is 7.70. The molecule has 3 aromatic rings. The molecule has 1 saturated heterocycles. The maximum atomic E-state index is 13.1. The smallest absolute Gasteiger partial charge is 0.363 e. The van der Waals surface area contributed by atoms with Crippen molar-refractivity contribution in [1.82, 2.24) is 30.6 Å². The van der Waals surface area contributed by atoms with Gasteiger partial charge >= 0.3 is 12.4 Å². The molecule has 36 heavy (non-hydrogen) atoms. The SMILES string of the molecule is O=C(NCc1cn(-c2cc(C(F)(F)F)cc(C(F)(F)F)c2)nn1)[C@H](Cc1cscn1)NC(=O)[C@@H]1CO1. The highest BCUT2D eigenvalue weighted by atomic mass is 32.1. The predicted molar refractivity (Wildman–Crippen MR) is 111 cm³/mol. The minimum Gasteiger partial charge on any atom is -0.363 e. The summed E-state index contributed by atoms with van der Waals surface area (Å²) in [4.78, 5) is 28.9. The summed E-state index contributed by atoms with van der Waals surface area (Å²) in [5.74, 6) is -1.08. The van der Waals surface area contributed by atoms with Crippen LogP contribution >= 0.6 is 11.3 Å². The van der Waals surface area contributed by atoms with Crippen molar-refractivity contribution >= 4 is 23.2 Å². The van der Waals surface area contributed by atoms with Gasteiger partial charge in [0.05, 0.1) is 47.4 Å². The van der Waals surface area contributed by atoms with E-state index in [9.17, 15) is 35.9 Å².